The summed E-state index contributed by atoms with van der Waals surface area (Å²) in [6.45, 7) is 3.10. The first kappa shape index (κ1) is 18.2. The zero-order valence-corrected chi connectivity index (χ0v) is 15.2. The molecule has 2 aromatic rings. The smallest absolute Gasteiger partial charge is 0.236 e. The molecule has 3 rings (SSSR count). The van der Waals surface area contributed by atoms with Gasteiger partial charge < -0.3 is 14.4 Å². The predicted octanol–water partition coefficient (Wildman–Crippen LogP) is 3.21. The lowest BCUT2D eigenvalue weighted by Crippen LogP contribution is -2.37. The zero-order valence-electron chi connectivity index (χ0n) is 15.2. The number of carbonyl (C=O) groups is 1. The van der Waals surface area contributed by atoms with Gasteiger partial charge in [0.25, 0.3) is 0 Å². The fourth-order valence-corrected chi connectivity index (χ4v) is 2.93. The SMILES string of the molecule is CC(c1ccc(F)cc1)N(C)C(=O)CN(C)Cc1ccc2c(c1)OCO2. The number of likely N-dealkylation sites (N-methyl/N-ethyl adjacent to an activating group) is 2. The summed E-state index contributed by atoms with van der Waals surface area (Å²) in [7, 11) is 3.67. The van der Waals surface area contributed by atoms with E-state index in [1.54, 1.807) is 24.1 Å². The van der Waals surface area contributed by atoms with Crippen LogP contribution in [0, 0.1) is 5.82 Å². The van der Waals surface area contributed by atoms with Crippen LogP contribution in [0.25, 0.3) is 0 Å². The highest BCUT2D eigenvalue weighted by Crippen LogP contribution is 2.32. The third-order valence-electron chi connectivity index (χ3n) is 4.62. The third-order valence-corrected chi connectivity index (χ3v) is 4.62. The van der Waals surface area contributed by atoms with Gasteiger partial charge in [0.1, 0.15) is 5.82 Å². The molecule has 1 aliphatic heterocycles. The standard InChI is InChI=1S/C20H23FN2O3/c1-14(16-5-7-17(21)8-6-16)23(3)20(24)12-22(2)11-15-4-9-18-19(10-15)26-13-25-18/h4-10,14H,11-13H2,1-3H3. The van der Waals surface area contributed by atoms with Crippen molar-refractivity contribution in [3.8, 4) is 11.5 Å². The Kier molecular flexibility index (Phi) is 5.42. The summed E-state index contributed by atoms with van der Waals surface area (Å²) >= 11 is 0. The molecule has 138 valence electrons. The van der Waals surface area contributed by atoms with Crippen molar-refractivity contribution in [2.45, 2.75) is 19.5 Å². The number of amides is 1. The molecule has 0 radical (unpaired) electrons. The lowest BCUT2D eigenvalue weighted by molar-refractivity contribution is -0.132. The summed E-state index contributed by atoms with van der Waals surface area (Å²) in [4.78, 5) is 16.2. The Morgan fingerprint density at radius 2 is 1.81 bits per heavy atom. The molecule has 1 amide bonds. The molecule has 5 nitrogen and oxygen atoms in total. The van der Waals surface area contributed by atoms with Gasteiger partial charge in [0.2, 0.25) is 12.7 Å². The number of fused-ring (bicyclic) bond motifs is 1. The van der Waals surface area contributed by atoms with Gasteiger partial charge in [-0.3, -0.25) is 9.69 Å². The van der Waals surface area contributed by atoms with Crippen LogP contribution in [-0.4, -0.2) is 43.1 Å². The first-order valence-corrected chi connectivity index (χ1v) is 8.52. The van der Waals surface area contributed by atoms with E-state index in [1.165, 1.54) is 12.1 Å². The van der Waals surface area contributed by atoms with Gasteiger partial charge in [0.15, 0.2) is 11.5 Å². The van der Waals surface area contributed by atoms with Crippen LogP contribution in [0.2, 0.25) is 0 Å². The number of benzene rings is 2. The van der Waals surface area contributed by atoms with E-state index in [2.05, 4.69) is 0 Å². The van der Waals surface area contributed by atoms with Gasteiger partial charge in [-0.15, -0.1) is 0 Å². The Bertz CT molecular complexity index is 779. The highest BCUT2D eigenvalue weighted by atomic mass is 19.1. The van der Waals surface area contributed by atoms with E-state index < -0.39 is 0 Å². The molecule has 2 aromatic carbocycles. The molecule has 0 fully saturated rings. The minimum atomic E-state index is -0.279. The van der Waals surface area contributed by atoms with E-state index >= 15 is 0 Å². The predicted molar refractivity (Wildman–Crippen MR) is 96.5 cm³/mol. The number of nitrogens with zero attached hydrogens (tertiary/aromatic N) is 2. The average Bonchev–Trinajstić information content (AvgIpc) is 3.08. The van der Waals surface area contributed by atoms with Crippen molar-refractivity contribution in [1.29, 1.82) is 0 Å². The molecule has 0 saturated carbocycles. The minimum Gasteiger partial charge on any atom is -0.454 e. The summed E-state index contributed by atoms with van der Waals surface area (Å²) in [5.41, 5.74) is 1.96. The van der Waals surface area contributed by atoms with E-state index in [4.69, 9.17) is 9.47 Å². The lowest BCUT2D eigenvalue weighted by Gasteiger charge is -2.27. The van der Waals surface area contributed by atoms with E-state index in [0.717, 1.165) is 22.6 Å². The average molecular weight is 358 g/mol. The Balaban J connectivity index is 1.57. The lowest BCUT2D eigenvalue weighted by atomic mass is 10.1. The molecule has 1 unspecified atom stereocenters. The number of hydrogen-bond donors (Lipinski definition) is 0. The monoisotopic (exact) mass is 358 g/mol. The quantitative estimate of drug-likeness (QED) is 0.795. The molecule has 1 atom stereocenters. The van der Waals surface area contributed by atoms with Crippen LogP contribution in [-0.2, 0) is 11.3 Å². The highest BCUT2D eigenvalue weighted by Gasteiger charge is 2.19. The maximum Gasteiger partial charge on any atom is 0.236 e. The van der Waals surface area contributed by atoms with Crippen LogP contribution in [0.4, 0.5) is 4.39 Å². The third kappa shape index (κ3) is 4.14. The van der Waals surface area contributed by atoms with Gasteiger partial charge in [-0.25, -0.2) is 4.39 Å². The topological polar surface area (TPSA) is 42.0 Å². The van der Waals surface area contributed by atoms with Crippen molar-refractivity contribution >= 4 is 5.91 Å². The van der Waals surface area contributed by atoms with Gasteiger partial charge in [0, 0.05) is 13.6 Å². The molecule has 0 aliphatic carbocycles. The molecule has 0 saturated heterocycles. The number of hydrogen-bond acceptors (Lipinski definition) is 4. The Hall–Kier alpha value is -2.60. The van der Waals surface area contributed by atoms with Crippen molar-refractivity contribution in [3.63, 3.8) is 0 Å². The largest absolute Gasteiger partial charge is 0.454 e. The van der Waals surface area contributed by atoms with Crippen molar-refractivity contribution in [1.82, 2.24) is 9.80 Å². The summed E-state index contributed by atoms with van der Waals surface area (Å²) < 4.78 is 23.8. The zero-order chi connectivity index (χ0) is 18.7. The maximum absolute atomic E-state index is 13.1. The van der Waals surface area contributed by atoms with Crippen LogP contribution < -0.4 is 9.47 Å². The van der Waals surface area contributed by atoms with Crippen molar-refractivity contribution < 1.29 is 18.7 Å². The Morgan fingerprint density at radius 1 is 1.12 bits per heavy atom. The number of ether oxygens (including phenoxy) is 2. The normalized spacial score (nSPS) is 13.7. The maximum atomic E-state index is 13.1. The minimum absolute atomic E-state index is 0.00469. The molecule has 0 aromatic heterocycles. The second kappa shape index (κ2) is 7.74. The van der Waals surface area contributed by atoms with E-state index in [1.807, 2.05) is 37.1 Å². The van der Waals surface area contributed by atoms with Crippen LogP contribution in [0.1, 0.15) is 24.1 Å². The summed E-state index contributed by atoms with van der Waals surface area (Å²) in [5.74, 6) is 1.22. The number of rotatable bonds is 6. The van der Waals surface area contributed by atoms with Gasteiger partial charge in [-0.2, -0.15) is 0 Å². The first-order chi connectivity index (χ1) is 12.4. The fourth-order valence-electron chi connectivity index (χ4n) is 2.93. The van der Waals surface area contributed by atoms with Crippen LogP contribution >= 0.6 is 0 Å². The number of halogens is 1. The van der Waals surface area contributed by atoms with Crippen molar-refractivity contribution in [2.75, 3.05) is 27.4 Å². The molecule has 1 heterocycles. The molecular formula is C20H23FN2O3. The van der Waals surface area contributed by atoms with Gasteiger partial charge in [-0.05, 0) is 49.4 Å². The molecule has 6 heteroatoms. The second-order valence-corrected chi connectivity index (χ2v) is 6.59. The van der Waals surface area contributed by atoms with Gasteiger partial charge >= 0.3 is 0 Å². The van der Waals surface area contributed by atoms with Crippen LogP contribution in [0.5, 0.6) is 11.5 Å². The van der Waals surface area contributed by atoms with Crippen molar-refractivity contribution in [3.05, 3.63) is 59.4 Å². The molecular weight excluding hydrogens is 335 g/mol. The first-order valence-electron chi connectivity index (χ1n) is 8.52. The van der Waals surface area contributed by atoms with Gasteiger partial charge in [0.05, 0.1) is 12.6 Å². The summed E-state index contributed by atoms with van der Waals surface area (Å²) in [5, 5.41) is 0. The molecule has 1 aliphatic rings. The molecule has 0 N–H and O–H groups in total. The van der Waals surface area contributed by atoms with Crippen LogP contribution in [0.15, 0.2) is 42.5 Å². The van der Waals surface area contributed by atoms with Crippen LogP contribution in [0.3, 0.4) is 0 Å². The summed E-state index contributed by atoms with van der Waals surface area (Å²) in [6.07, 6.45) is 0. The summed E-state index contributed by atoms with van der Waals surface area (Å²) in [6, 6.07) is 11.9. The fraction of sp³-hybridized carbons (Fsp3) is 0.350. The molecule has 0 bridgehead atoms. The highest BCUT2D eigenvalue weighted by molar-refractivity contribution is 5.78. The molecule has 0 spiro atoms. The number of carbonyl (C=O) groups excluding carboxylic acids is 1. The second-order valence-electron chi connectivity index (χ2n) is 6.59. The Labute approximate surface area is 152 Å². The van der Waals surface area contributed by atoms with E-state index in [0.29, 0.717) is 6.54 Å². The van der Waals surface area contributed by atoms with E-state index in [-0.39, 0.29) is 31.1 Å². The van der Waals surface area contributed by atoms with Crippen molar-refractivity contribution in [2.24, 2.45) is 0 Å². The molecule has 26 heavy (non-hydrogen) atoms. The van der Waals surface area contributed by atoms with Gasteiger partial charge in [-0.1, -0.05) is 18.2 Å². The Morgan fingerprint density at radius 3 is 2.54 bits per heavy atom. The van der Waals surface area contributed by atoms with E-state index in [9.17, 15) is 9.18 Å².